The van der Waals surface area contributed by atoms with Gasteiger partial charge in [0.25, 0.3) is 11.8 Å². The van der Waals surface area contributed by atoms with Crippen molar-refractivity contribution in [2.45, 2.75) is 12.6 Å². The second kappa shape index (κ2) is 7.28. The van der Waals surface area contributed by atoms with Crippen LogP contribution in [0.4, 0.5) is 13.2 Å². The monoisotopic (exact) mass is 422 g/mol. The van der Waals surface area contributed by atoms with Crippen molar-refractivity contribution in [1.82, 2.24) is 30.2 Å². The Morgan fingerprint density at radius 2 is 1.90 bits per heavy atom. The Morgan fingerprint density at radius 1 is 1.14 bits per heavy atom. The highest BCUT2D eigenvalue weighted by Crippen LogP contribution is 2.31. The van der Waals surface area contributed by atoms with Crippen LogP contribution >= 0.6 is 11.3 Å². The molecular formula is C17H13F3N6O2S. The van der Waals surface area contributed by atoms with Gasteiger partial charge in [-0.05, 0) is 18.6 Å². The molecule has 4 heterocycles. The number of alkyl halides is 3. The van der Waals surface area contributed by atoms with Gasteiger partial charge in [0, 0.05) is 36.4 Å². The van der Waals surface area contributed by atoms with Crippen LogP contribution in [0, 0.1) is 0 Å². The Labute approximate surface area is 166 Å². The molecule has 1 N–H and O–H groups in total. The molecule has 2 amide bonds. The van der Waals surface area contributed by atoms with E-state index in [1.54, 1.807) is 35.0 Å². The van der Waals surface area contributed by atoms with E-state index in [9.17, 15) is 22.8 Å². The van der Waals surface area contributed by atoms with Crippen LogP contribution in [0.2, 0.25) is 0 Å². The Morgan fingerprint density at radius 3 is 2.59 bits per heavy atom. The van der Waals surface area contributed by atoms with Crippen molar-refractivity contribution in [3.05, 3.63) is 53.1 Å². The van der Waals surface area contributed by atoms with Crippen LogP contribution in [0.15, 0.2) is 36.1 Å². The van der Waals surface area contributed by atoms with E-state index in [1.807, 2.05) is 0 Å². The smallest absolute Gasteiger partial charge is 0.273 e. The highest BCUT2D eigenvalue weighted by Gasteiger charge is 2.41. The van der Waals surface area contributed by atoms with Crippen LogP contribution in [0.25, 0.3) is 10.6 Å². The van der Waals surface area contributed by atoms with Gasteiger partial charge >= 0.3 is 6.18 Å². The maximum absolute atomic E-state index is 13.1. The minimum Gasteiger partial charge on any atom is -0.273 e. The first kappa shape index (κ1) is 19.1. The number of H-pyrrole nitrogens is 1. The van der Waals surface area contributed by atoms with Gasteiger partial charge in [0.1, 0.15) is 10.7 Å². The van der Waals surface area contributed by atoms with Gasteiger partial charge in [0.2, 0.25) is 0 Å². The average molecular weight is 422 g/mol. The number of halogens is 3. The molecule has 1 aliphatic rings. The van der Waals surface area contributed by atoms with Gasteiger partial charge in [-0.3, -0.25) is 19.7 Å². The van der Waals surface area contributed by atoms with E-state index in [0.29, 0.717) is 11.4 Å². The second-order valence-electron chi connectivity index (χ2n) is 6.15. The minimum atomic E-state index is -4.76. The van der Waals surface area contributed by atoms with Gasteiger partial charge < -0.3 is 0 Å². The van der Waals surface area contributed by atoms with Crippen molar-refractivity contribution in [1.29, 1.82) is 0 Å². The molecule has 12 heteroatoms. The molecule has 0 spiro atoms. The number of nitrogens with one attached hydrogen (secondary N) is 1. The second-order valence-corrected chi connectivity index (χ2v) is 7.00. The molecule has 29 heavy (non-hydrogen) atoms. The molecule has 0 bridgehead atoms. The number of rotatable bonds is 3. The summed E-state index contributed by atoms with van der Waals surface area (Å²) < 4.78 is 39.2. The number of hydrogen-bond acceptors (Lipinski definition) is 6. The summed E-state index contributed by atoms with van der Waals surface area (Å²) in [6.45, 7) is 0.316. The summed E-state index contributed by atoms with van der Waals surface area (Å²) in [7, 11) is 0. The molecule has 0 aromatic carbocycles. The number of hydrogen-bond donors (Lipinski definition) is 1. The van der Waals surface area contributed by atoms with E-state index in [-0.39, 0.29) is 18.8 Å². The topological polar surface area (TPSA) is 95.1 Å². The number of hydrazine groups is 1. The summed E-state index contributed by atoms with van der Waals surface area (Å²) in [5, 5.41) is 9.39. The first-order valence-corrected chi connectivity index (χ1v) is 9.34. The molecule has 1 saturated heterocycles. The molecule has 0 atom stereocenters. The van der Waals surface area contributed by atoms with Crippen molar-refractivity contribution < 1.29 is 22.8 Å². The first-order valence-electron chi connectivity index (χ1n) is 8.46. The van der Waals surface area contributed by atoms with Gasteiger partial charge in [-0.1, -0.05) is 0 Å². The first-order chi connectivity index (χ1) is 13.9. The zero-order valence-corrected chi connectivity index (χ0v) is 15.5. The zero-order valence-electron chi connectivity index (χ0n) is 14.7. The van der Waals surface area contributed by atoms with Crippen molar-refractivity contribution in [3.63, 3.8) is 0 Å². The number of pyridine rings is 1. The molecule has 1 aliphatic heterocycles. The lowest BCUT2D eigenvalue weighted by molar-refractivity contribution is -0.141. The third kappa shape index (κ3) is 3.58. The fourth-order valence-corrected chi connectivity index (χ4v) is 3.75. The van der Waals surface area contributed by atoms with Gasteiger partial charge in [0.15, 0.2) is 5.69 Å². The molecule has 3 aromatic rings. The van der Waals surface area contributed by atoms with Crippen molar-refractivity contribution in [3.8, 4) is 10.6 Å². The van der Waals surface area contributed by atoms with Gasteiger partial charge in [-0.2, -0.15) is 18.3 Å². The predicted octanol–water partition coefficient (Wildman–Crippen LogP) is 2.85. The molecular weight excluding hydrogens is 409 g/mol. The van der Waals surface area contributed by atoms with Crippen LogP contribution in [0.1, 0.15) is 33.0 Å². The summed E-state index contributed by atoms with van der Waals surface area (Å²) in [4.78, 5) is 33.9. The lowest BCUT2D eigenvalue weighted by Crippen LogP contribution is -2.45. The summed E-state index contributed by atoms with van der Waals surface area (Å²) in [5.41, 5.74) is -1.03. The molecule has 3 aromatic heterocycles. The number of nitrogens with zero attached hydrogens (tertiary/aromatic N) is 5. The molecule has 1 fully saturated rings. The molecule has 0 unspecified atom stereocenters. The normalized spacial score (nSPS) is 14.4. The number of amides is 2. The Kier molecular flexibility index (Phi) is 4.78. The number of aromatic nitrogens is 4. The molecule has 4 rings (SSSR count). The number of carbonyl (C=O) groups excluding carboxylic acids is 2. The van der Waals surface area contributed by atoms with Crippen molar-refractivity contribution in [2.24, 2.45) is 0 Å². The third-order valence-electron chi connectivity index (χ3n) is 4.29. The van der Waals surface area contributed by atoms with E-state index >= 15 is 0 Å². The fourth-order valence-electron chi connectivity index (χ4n) is 2.96. The van der Waals surface area contributed by atoms with E-state index in [2.05, 4.69) is 15.1 Å². The highest BCUT2D eigenvalue weighted by atomic mass is 32.1. The summed E-state index contributed by atoms with van der Waals surface area (Å²) >= 11 is 1.24. The average Bonchev–Trinajstić information content (AvgIpc) is 3.47. The Bertz CT molecular complexity index is 1050. The Balaban J connectivity index is 1.58. The van der Waals surface area contributed by atoms with Crippen LogP contribution in [-0.2, 0) is 6.18 Å². The SMILES string of the molecule is O=C(c1csc(-c2cccnc2)n1)N1CCCN1C(=O)c1cn[nH]c1C(F)(F)F. The van der Waals surface area contributed by atoms with E-state index < -0.39 is 29.2 Å². The number of thiazole rings is 1. The molecule has 150 valence electrons. The molecule has 0 radical (unpaired) electrons. The van der Waals surface area contributed by atoms with Gasteiger partial charge in [-0.15, -0.1) is 11.3 Å². The fraction of sp³-hybridized carbons (Fsp3) is 0.235. The quantitative estimate of drug-likeness (QED) is 0.700. The van der Waals surface area contributed by atoms with E-state index in [4.69, 9.17) is 0 Å². The van der Waals surface area contributed by atoms with Crippen molar-refractivity contribution in [2.75, 3.05) is 13.1 Å². The number of aromatic amines is 1. The summed E-state index contributed by atoms with van der Waals surface area (Å²) in [5.74, 6) is -1.50. The maximum Gasteiger partial charge on any atom is 0.433 e. The van der Waals surface area contributed by atoms with E-state index in [1.165, 1.54) is 11.3 Å². The van der Waals surface area contributed by atoms with E-state index in [0.717, 1.165) is 21.8 Å². The standard InChI is InChI=1S/C17H13F3N6O2S/c18-17(19,20)13-11(8-22-24-13)15(27)25-5-2-6-26(25)16(28)12-9-29-14(23-12)10-3-1-4-21-7-10/h1,3-4,7-9H,2,5-6H2,(H,22,24). The van der Waals surface area contributed by atoms with Crippen molar-refractivity contribution >= 4 is 23.2 Å². The predicted molar refractivity (Wildman–Crippen MR) is 95.6 cm³/mol. The van der Waals surface area contributed by atoms with Gasteiger partial charge in [-0.25, -0.2) is 15.0 Å². The molecule has 8 nitrogen and oxygen atoms in total. The summed E-state index contributed by atoms with van der Waals surface area (Å²) in [6, 6.07) is 3.53. The highest BCUT2D eigenvalue weighted by molar-refractivity contribution is 7.13. The number of carbonyl (C=O) groups is 2. The summed E-state index contributed by atoms with van der Waals surface area (Å²) in [6.07, 6.45) is -0.284. The molecule has 0 saturated carbocycles. The largest absolute Gasteiger partial charge is 0.433 e. The van der Waals surface area contributed by atoms with Crippen LogP contribution in [-0.4, -0.2) is 55.1 Å². The third-order valence-corrected chi connectivity index (χ3v) is 5.18. The lowest BCUT2D eigenvalue weighted by atomic mass is 10.2. The lowest BCUT2D eigenvalue weighted by Gasteiger charge is -2.27. The zero-order chi connectivity index (χ0) is 20.6. The van der Waals surface area contributed by atoms with Crippen LogP contribution in [0.5, 0.6) is 0 Å². The Hall–Kier alpha value is -3.28. The van der Waals surface area contributed by atoms with Crippen LogP contribution < -0.4 is 0 Å². The molecule has 0 aliphatic carbocycles. The van der Waals surface area contributed by atoms with Crippen LogP contribution in [0.3, 0.4) is 0 Å². The maximum atomic E-state index is 13.1. The van der Waals surface area contributed by atoms with Gasteiger partial charge in [0.05, 0.1) is 11.8 Å². The minimum absolute atomic E-state index is 0.108.